The van der Waals surface area contributed by atoms with Gasteiger partial charge < -0.3 is 5.32 Å². The van der Waals surface area contributed by atoms with Crippen molar-refractivity contribution in [2.45, 2.75) is 6.92 Å². The molecule has 5 heteroatoms. The molecule has 0 fully saturated rings. The Morgan fingerprint density at radius 2 is 2.18 bits per heavy atom. The van der Waals surface area contributed by atoms with Gasteiger partial charge in [0.05, 0.1) is 9.90 Å². The molecular weight excluding hydrogens is 322 g/mol. The number of hydrogen-bond acceptors (Lipinski definition) is 2. The summed E-state index contributed by atoms with van der Waals surface area (Å²) in [6.07, 6.45) is 0. The van der Waals surface area contributed by atoms with Crippen LogP contribution in [0.2, 0.25) is 5.02 Å². The topological polar surface area (TPSA) is 29.1 Å². The molecule has 1 aromatic carbocycles. The van der Waals surface area contributed by atoms with Crippen molar-refractivity contribution >= 4 is 50.5 Å². The minimum absolute atomic E-state index is 0.101. The fourth-order valence-corrected chi connectivity index (χ4v) is 2.61. The third-order valence-corrected chi connectivity index (χ3v) is 4.49. The first-order chi connectivity index (χ1) is 8.08. The molecule has 2 aromatic rings. The van der Waals surface area contributed by atoms with Gasteiger partial charge in [-0.2, -0.15) is 0 Å². The zero-order valence-electron chi connectivity index (χ0n) is 8.96. The van der Waals surface area contributed by atoms with Crippen LogP contribution in [0.15, 0.2) is 34.1 Å². The van der Waals surface area contributed by atoms with Crippen LogP contribution in [-0.2, 0) is 0 Å². The van der Waals surface area contributed by atoms with Crippen molar-refractivity contribution in [2.24, 2.45) is 0 Å². The van der Waals surface area contributed by atoms with Crippen molar-refractivity contribution in [1.82, 2.24) is 0 Å². The lowest BCUT2D eigenvalue weighted by molar-refractivity contribution is 0.103. The fraction of sp³-hybridized carbons (Fsp3) is 0.0833. The second-order valence-corrected chi connectivity index (χ2v) is 5.69. The third kappa shape index (κ3) is 2.89. The second kappa shape index (κ2) is 5.21. The minimum atomic E-state index is -0.101. The first-order valence-electron chi connectivity index (χ1n) is 4.88. The van der Waals surface area contributed by atoms with E-state index in [1.54, 1.807) is 18.2 Å². The van der Waals surface area contributed by atoms with E-state index in [9.17, 15) is 4.79 Å². The van der Waals surface area contributed by atoms with Crippen molar-refractivity contribution in [1.29, 1.82) is 0 Å². The lowest BCUT2D eigenvalue weighted by Gasteiger charge is -2.05. The number of aryl methyl sites for hydroxylation is 1. The summed E-state index contributed by atoms with van der Waals surface area (Å²) in [5.74, 6) is -0.101. The molecule has 1 N–H and O–H groups in total. The summed E-state index contributed by atoms with van der Waals surface area (Å²) in [6, 6.07) is 7.25. The highest BCUT2D eigenvalue weighted by Gasteiger charge is 2.10. The van der Waals surface area contributed by atoms with Crippen LogP contribution in [0.4, 0.5) is 5.69 Å². The van der Waals surface area contributed by atoms with E-state index in [0.717, 1.165) is 14.9 Å². The van der Waals surface area contributed by atoms with E-state index >= 15 is 0 Å². The number of anilines is 1. The first-order valence-corrected chi connectivity index (χ1v) is 6.93. The van der Waals surface area contributed by atoms with Crippen molar-refractivity contribution in [2.75, 3.05) is 5.32 Å². The molecule has 0 radical (unpaired) electrons. The van der Waals surface area contributed by atoms with Gasteiger partial charge in [-0.3, -0.25) is 4.79 Å². The molecule has 2 nitrogen and oxygen atoms in total. The van der Waals surface area contributed by atoms with Crippen LogP contribution in [-0.4, -0.2) is 5.91 Å². The predicted molar refractivity (Wildman–Crippen MR) is 76.2 cm³/mol. The lowest BCUT2D eigenvalue weighted by atomic mass is 10.2. The Morgan fingerprint density at radius 3 is 2.76 bits per heavy atom. The number of halogens is 2. The molecule has 1 amide bonds. The summed E-state index contributed by atoms with van der Waals surface area (Å²) >= 11 is 10.7. The second-order valence-electron chi connectivity index (χ2n) is 3.52. The van der Waals surface area contributed by atoms with Crippen LogP contribution in [0.1, 0.15) is 15.2 Å². The Hall–Kier alpha value is -0.840. The summed E-state index contributed by atoms with van der Waals surface area (Å²) in [5.41, 5.74) is 1.67. The molecule has 17 heavy (non-hydrogen) atoms. The van der Waals surface area contributed by atoms with Crippen molar-refractivity contribution in [3.8, 4) is 0 Å². The molecule has 0 saturated carbocycles. The van der Waals surface area contributed by atoms with Crippen LogP contribution >= 0.6 is 38.9 Å². The van der Waals surface area contributed by atoms with E-state index in [-0.39, 0.29) is 5.91 Å². The molecule has 0 aliphatic heterocycles. The Labute approximate surface area is 117 Å². The smallest absolute Gasteiger partial charge is 0.265 e. The molecule has 1 aromatic heterocycles. The number of carbonyl (C=O) groups is 1. The monoisotopic (exact) mass is 329 g/mol. The summed E-state index contributed by atoms with van der Waals surface area (Å²) < 4.78 is 0.810. The van der Waals surface area contributed by atoms with Crippen molar-refractivity contribution < 1.29 is 4.79 Å². The molecule has 0 bridgehead atoms. The SMILES string of the molecule is Cc1ccsc1C(=O)Nc1ccc(Br)c(Cl)c1. The molecule has 0 saturated heterocycles. The van der Waals surface area contributed by atoms with E-state index in [0.29, 0.717) is 10.7 Å². The molecule has 0 aliphatic rings. The van der Waals surface area contributed by atoms with E-state index in [4.69, 9.17) is 11.6 Å². The normalized spacial score (nSPS) is 10.3. The predicted octanol–water partition coefficient (Wildman–Crippen LogP) is 4.72. The Kier molecular flexibility index (Phi) is 3.86. The van der Waals surface area contributed by atoms with Gasteiger partial charge in [0.2, 0.25) is 0 Å². The van der Waals surface area contributed by atoms with Gasteiger partial charge in [0.25, 0.3) is 5.91 Å². The molecule has 0 spiro atoms. The van der Waals surface area contributed by atoms with Gasteiger partial charge in [-0.25, -0.2) is 0 Å². The van der Waals surface area contributed by atoms with Gasteiger partial charge in [0, 0.05) is 10.2 Å². The van der Waals surface area contributed by atoms with E-state index in [2.05, 4.69) is 21.2 Å². The average molecular weight is 331 g/mol. The van der Waals surface area contributed by atoms with Crippen LogP contribution in [0.3, 0.4) is 0 Å². The van der Waals surface area contributed by atoms with Gasteiger partial charge in [0.15, 0.2) is 0 Å². The highest BCUT2D eigenvalue weighted by atomic mass is 79.9. The zero-order chi connectivity index (χ0) is 12.4. The average Bonchev–Trinajstić information content (AvgIpc) is 2.70. The van der Waals surface area contributed by atoms with Crippen molar-refractivity contribution in [3.63, 3.8) is 0 Å². The quantitative estimate of drug-likeness (QED) is 0.847. The number of rotatable bonds is 2. The molecular formula is C12H9BrClNOS. The Morgan fingerprint density at radius 1 is 1.41 bits per heavy atom. The lowest BCUT2D eigenvalue weighted by Crippen LogP contribution is -2.11. The Bertz CT molecular complexity index is 567. The number of nitrogens with one attached hydrogen (secondary N) is 1. The number of thiophene rings is 1. The summed E-state index contributed by atoms with van der Waals surface area (Å²) in [7, 11) is 0. The maximum Gasteiger partial charge on any atom is 0.265 e. The maximum atomic E-state index is 11.9. The van der Waals surface area contributed by atoms with Crippen molar-refractivity contribution in [3.05, 3.63) is 49.6 Å². The van der Waals surface area contributed by atoms with Crippen LogP contribution in [0, 0.1) is 6.92 Å². The maximum absolute atomic E-state index is 11.9. The molecule has 0 atom stereocenters. The molecule has 88 valence electrons. The molecule has 2 rings (SSSR count). The number of hydrogen-bond donors (Lipinski definition) is 1. The van der Waals surface area contributed by atoms with Crippen LogP contribution < -0.4 is 5.32 Å². The van der Waals surface area contributed by atoms with Gasteiger partial charge >= 0.3 is 0 Å². The largest absolute Gasteiger partial charge is 0.321 e. The van der Waals surface area contributed by atoms with Gasteiger partial charge in [-0.05, 0) is 58.1 Å². The highest BCUT2D eigenvalue weighted by Crippen LogP contribution is 2.26. The highest BCUT2D eigenvalue weighted by molar-refractivity contribution is 9.10. The van der Waals surface area contributed by atoms with Gasteiger partial charge in [-0.1, -0.05) is 11.6 Å². The van der Waals surface area contributed by atoms with Gasteiger partial charge in [0.1, 0.15) is 0 Å². The molecule has 1 heterocycles. The fourth-order valence-electron chi connectivity index (χ4n) is 1.37. The molecule has 0 unspecified atom stereocenters. The number of carbonyl (C=O) groups excluding carboxylic acids is 1. The summed E-state index contributed by atoms with van der Waals surface area (Å²) in [5, 5.41) is 5.30. The van der Waals surface area contributed by atoms with Gasteiger partial charge in [-0.15, -0.1) is 11.3 Å². The minimum Gasteiger partial charge on any atom is -0.321 e. The summed E-state index contributed by atoms with van der Waals surface area (Å²) in [4.78, 5) is 12.7. The van der Waals surface area contributed by atoms with E-state index in [1.807, 2.05) is 18.4 Å². The number of benzene rings is 1. The third-order valence-electron chi connectivity index (χ3n) is 2.25. The molecule has 0 aliphatic carbocycles. The standard InChI is InChI=1S/C12H9BrClNOS/c1-7-4-5-17-11(7)12(16)15-8-2-3-9(13)10(14)6-8/h2-6H,1H3,(H,15,16). The van der Waals surface area contributed by atoms with E-state index in [1.165, 1.54) is 11.3 Å². The first kappa shape index (κ1) is 12.6. The summed E-state index contributed by atoms with van der Waals surface area (Å²) in [6.45, 7) is 1.92. The van der Waals surface area contributed by atoms with Crippen LogP contribution in [0.25, 0.3) is 0 Å². The number of amides is 1. The Balaban J connectivity index is 2.19. The van der Waals surface area contributed by atoms with Crippen LogP contribution in [0.5, 0.6) is 0 Å². The van der Waals surface area contributed by atoms with E-state index < -0.39 is 0 Å². The zero-order valence-corrected chi connectivity index (χ0v) is 12.1.